The Bertz CT molecular complexity index is 3020. The van der Waals surface area contributed by atoms with Gasteiger partial charge in [0.15, 0.2) is 0 Å². The predicted molar refractivity (Wildman–Crippen MR) is 263 cm³/mol. The number of rotatable bonds is 7. The number of aromatic amines is 4. The third kappa shape index (κ3) is 12.9. The molecule has 18 nitrogen and oxygen atoms in total. The monoisotopic (exact) mass is 926 g/mol. The van der Waals surface area contributed by atoms with Crippen LogP contribution in [-0.4, -0.2) is 133 Å². The second-order valence-electron chi connectivity index (χ2n) is 16.3. The van der Waals surface area contributed by atoms with Gasteiger partial charge in [0.1, 0.15) is 23.3 Å². The van der Waals surface area contributed by atoms with Gasteiger partial charge in [0.25, 0.3) is 22.2 Å². The lowest BCUT2D eigenvalue weighted by molar-refractivity contribution is 0.118. The van der Waals surface area contributed by atoms with Gasteiger partial charge in [-0.3, -0.25) is 33.9 Å². The van der Waals surface area contributed by atoms with E-state index in [1.165, 1.54) is 0 Å². The Kier molecular flexibility index (Phi) is 16.3. The van der Waals surface area contributed by atoms with E-state index in [9.17, 15) is 19.2 Å². The second-order valence-corrected chi connectivity index (χ2v) is 16.6. The van der Waals surface area contributed by atoms with Crippen molar-refractivity contribution in [2.75, 3.05) is 78.5 Å². The minimum Gasteiger partial charge on any atom is -0.314 e. The molecule has 7 heterocycles. The van der Waals surface area contributed by atoms with Crippen LogP contribution < -0.4 is 38.2 Å². The summed E-state index contributed by atoms with van der Waals surface area (Å²) in [5, 5.41) is 12.2. The SMILES string of the molecule is C1CNCCN1.O=c1[nH]c(CCl)nc2ccccc12.O=c1[nH]c(CN2CCN(Cc3nc4ccccc4c(=O)[nH]3)CC2)nc2ccccc12.O=c1[nH]c(CN2CCNCC2)nc2ccccc12. The molecule has 3 fully saturated rings. The van der Waals surface area contributed by atoms with Gasteiger partial charge >= 0.3 is 0 Å². The van der Waals surface area contributed by atoms with Crippen molar-refractivity contribution >= 4 is 55.2 Å². The summed E-state index contributed by atoms with van der Waals surface area (Å²) in [7, 11) is 0. The van der Waals surface area contributed by atoms with Crippen LogP contribution >= 0.6 is 11.6 Å². The molecule has 3 saturated heterocycles. The van der Waals surface area contributed by atoms with E-state index in [0.29, 0.717) is 64.2 Å². The highest BCUT2D eigenvalue weighted by Crippen LogP contribution is 2.13. The molecule has 0 amide bonds. The van der Waals surface area contributed by atoms with Crippen LogP contribution in [0.4, 0.5) is 0 Å². The zero-order valence-electron chi connectivity index (χ0n) is 37.2. The van der Waals surface area contributed by atoms with Crippen molar-refractivity contribution in [3.63, 3.8) is 0 Å². The maximum Gasteiger partial charge on any atom is 0.258 e. The van der Waals surface area contributed by atoms with Crippen LogP contribution in [0.15, 0.2) is 116 Å². The molecule has 4 aromatic heterocycles. The number of para-hydroxylation sites is 4. The van der Waals surface area contributed by atoms with E-state index >= 15 is 0 Å². The van der Waals surface area contributed by atoms with E-state index in [1.807, 2.05) is 60.7 Å². The molecular formula is C48H55ClN14O4. The van der Waals surface area contributed by atoms with Gasteiger partial charge in [0.2, 0.25) is 0 Å². The maximum atomic E-state index is 12.3. The number of H-pyrrole nitrogens is 4. The van der Waals surface area contributed by atoms with E-state index in [4.69, 9.17) is 11.6 Å². The first-order valence-corrected chi connectivity index (χ1v) is 23.1. The van der Waals surface area contributed by atoms with Gasteiger partial charge in [-0.1, -0.05) is 48.5 Å². The molecule has 67 heavy (non-hydrogen) atoms. The van der Waals surface area contributed by atoms with Crippen molar-refractivity contribution in [2.45, 2.75) is 25.5 Å². The van der Waals surface area contributed by atoms with E-state index in [1.54, 1.807) is 36.4 Å². The molecule has 8 aromatic rings. The number of hydrogen-bond donors (Lipinski definition) is 7. The number of aromatic nitrogens is 8. The van der Waals surface area contributed by atoms with Gasteiger partial charge < -0.3 is 35.9 Å². The average Bonchev–Trinajstić information content (AvgIpc) is 3.36. The Morgan fingerprint density at radius 3 is 0.955 bits per heavy atom. The van der Waals surface area contributed by atoms with Crippen molar-refractivity contribution in [2.24, 2.45) is 0 Å². The van der Waals surface area contributed by atoms with Gasteiger partial charge in [0, 0.05) is 78.5 Å². The van der Waals surface area contributed by atoms with Crippen molar-refractivity contribution in [3.8, 4) is 0 Å². The van der Waals surface area contributed by atoms with Gasteiger partial charge in [0.05, 0.1) is 69.1 Å². The molecule has 3 aliphatic heterocycles. The molecule has 0 aliphatic carbocycles. The zero-order valence-corrected chi connectivity index (χ0v) is 37.9. The summed E-state index contributed by atoms with van der Waals surface area (Å²) < 4.78 is 0. The number of nitrogens with one attached hydrogen (secondary N) is 7. The molecule has 0 spiro atoms. The predicted octanol–water partition coefficient (Wildman–Crippen LogP) is 2.65. The second kappa shape index (κ2) is 23.3. The minimum absolute atomic E-state index is 0.0502. The summed E-state index contributed by atoms with van der Waals surface area (Å²) in [6.45, 7) is 13.9. The molecule has 348 valence electrons. The summed E-state index contributed by atoms with van der Waals surface area (Å²) in [5.41, 5.74) is 2.52. The lowest BCUT2D eigenvalue weighted by Crippen LogP contribution is -2.46. The molecule has 11 rings (SSSR count). The highest BCUT2D eigenvalue weighted by atomic mass is 35.5. The van der Waals surface area contributed by atoms with Gasteiger partial charge in [-0.25, -0.2) is 19.9 Å². The largest absolute Gasteiger partial charge is 0.314 e. The summed E-state index contributed by atoms with van der Waals surface area (Å²) in [4.78, 5) is 83.8. The first-order chi connectivity index (χ1) is 32.8. The lowest BCUT2D eigenvalue weighted by atomic mass is 10.2. The van der Waals surface area contributed by atoms with Crippen molar-refractivity contribution in [1.82, 2.24) is 70.5 Å². The minimum atomic E-state index is -0.138. The van der Waals surface area contributed by atoms with Crippen LogP contribution in [0, 0.1) is 0 Å². The van der Waals surface area contributed by atoms with Gasteiger partial charge in [-0.2, -0.15) is 0 Å². The molecule has 19 heteroatoms. The summed E-state index contributed by atoms with van der Waals surface area (Å²) in [5.74, 6) is 2.85. The van der Waals surface area contributed by atoms with E-state index in [-0.39, 0.29) is 28.1 Å². The van der Waals surface area contributed by atoms with Crippen molar-refractivity contribution < 1.29 is 0 Å². The highest BCUT2D eigenvalue weighted by molar-refractivity contribution is 6.16. The van der Waals surface area contributed by atoms with Crippen LogP contribution in [0.2, 0.25) is 0 Å². The van der Waals surface area contributed by atoms with Crippen molar-refractivity contribution in [1.29, 1.82) is 0 Å². The highest BCUT2D eigenvalue weighted by Gasteiger charge is 2.19. The number of piperazine rings is 3. The molecule has 7 N–H and O–H groups in total. The molecule has 3 aliphatic rings. The summed E-state index contributed by atoms with van der Waals surface area (Å²) in [6, 6.07) is 29.4. The summed E-state index contributed by atoms with van der Waals surface area (Å²) in [6.07, 6.45) is 0. The molecular weight excluding hydrogens is 872 g/mol. The van der Waals surface area contributed by atoms with Crippen LogP contribution in [0.5, 0.6) is 0 Å². The summed E-state index contributed by atoms with van der Waals surface area (Å²) >= 11 is 5.57. The van der Waals surface area contributed by atoms with E-state index in [0.717, 1.165) is 101 Å². The Morgan fingerprint density at radius 1 is 0.373 bits per heavy atom. The van der Waals surface area contributed by atoms with Crippen LogP contribution in [0.25, 0.3) is 43.6 Å². The molecule has 0 unspecified atom stereocenters. The molecule has 4 aromatic carbocycles. The molecule has 0 bridgehead atoms. The van der Waals surface area contributed by atoms with Crippen molar-refractivity contribution in [3.05, 3.63) is 162 Å². The topological polar surface area (TPSA) is 229 Å². The number of hydrogen-bond acceptors (Lipinski definition) is 14. The number of fused-ring (bicyclic) bond motifs is 4. The fraction of sp³-hybridized carbons (Fsp3) is 0.333. The Labute approximate surface area is 390 Å². The van der Waals surface area contributed by atoms with E-state index < -0.39 is 0 Å². The molecule has 0 radical (unpaired) electrons. The van der Waals surface area contributed by atoms with Crippen LogP contribution in [0.3, 0.4) is 0 Å². The number of nitrogens with zero attached hydrogens (tertiary/aromatic N) is 7. The van der Waals surface area contributed by atoms with Gasteiger partial charge in [-0.05, 0) is 48.5 Å². The quantitative estimate of drug-likeness (QED) is 0.114. The standard InChI is InChI=1S/C22H22N6O2.C13H16N4O.C9H7ClN2O.C4H10N2/c29-21-15-5-1-3-7-17(15)23-19(25-21)13-27-9-11-28(12-10-27)14-20-24-18-8-4-2-6-16(18)22(30)26-20;18-13-10-3-1-2-4-11(10)15-12(16-13)9-17-7-5-14-6-8-17;10-5-8-11-7-4-2-1-3-6(7)9(13)12-8;1-2-6-4-3-5-1/h1-8H,9-14H2,(H,23,25,29)(H,24,26,30);1-4,14H,5-9H2,(H,15,16,18);1-4H,5H2,(H,11,12,13);5-6H,1-4H2. The normalized spacial score (nSPS) is 15.8. The maximum absolute atomic E-state index is 12.3. The smallest absolute Gasteiger partial charge is 0.258 e. The first kappa shape index (κ1) is 47.0. The Hall–Kier alpha value is -6.51. The van der Waals surface area contributed by atoms with Gasteiger partial charge in [-0.15, -0.1) is 11.6 Å². The third-order valence-electron chi connectivity index (χ3n) is 11.5. The number of benzene rings is 4. The van der Waals surface area contributed by atoms with E-state index in [2.05, 4.69) is 70.5 Å². The molecule has 0 atom stereocenters. The first-order valence-electron chi connectivity index (χ1n) is 22.6. The number of halogens is 1. The van der Waals surface area contributed by atoms with Crippen LogP contribution in [-0.2, 0) is 25.5 Å². The Balaban J connectivity index is 0.000000139. The zero-order chi connectivity index (χ0) is 46.4. The third-order valence-corrected chi connectivity index (χ3v) is 11.8. The number of alkyl halides is 1. The molecule has 0 saturated carbocycles. The lowest BCUT2D eigenvalue weighted by Gasteiger charge is -2.34. The Morgan fingerprint density at radius 2 is 0.642 bits per heavy atom. The average molecular weight is 928 g/mol. The van der Waals surface area contributed by atoms with Crippen LogP contribution in [0.1, 0.15) is 23.3 Å². The fourth-order valence-electron chi connectivity index (χ4n) is 8.04. The fourth-order valence-corrected chi connectivity index (χ4v) is 8.17.